The number of ether oxygens (including phenoxy) is 2. The lowest BCUT2D eigenvalue weighted by molar-refractivity contribution is -0.122. The van der Waals surface area contributed by atoms with E-state index < -0.39 is 0 Å². The third-order valence-electron chi connectivity index (χ3n) is 5.29. The second-order valence-corrected chi connectivity index (χ2v) is 9.94. The molecule has 0 bridgehead atoms. The Kier molecular flexibility index (Phi) is 8.64. The van der Waals surface area contributed by atoms with Crippen LogP contribution in [0.1, 0.15) is 11.1 Å². The summed E-state index contributed by atoms with van der Waals surface area (Å²) in [6.45, 7) is 0.321. The van der Waals surface area contributed by atoms with E-state index in [9.17, 15) is 9.59 Å². The lowest BCUT2D eigenvalue weighted by atomic mass is 10.1. The third-order valence-corrected chi connectivity index (χ3v) is 6.91. The summed E-state index contributed by atoms with van der Waals surface area (Å²) < 4.78 is 11.6. The quantitative estimate of drug-likeness (QED) is 0.274. The second kappa shape index (κ2) is 12.1. The van der Waals surface area contributed by atoms with Gasteiger partial charge in [-0.25, -0.2) is 0 Å². The van der Waals surface area contributed by atoms with Crippen LogP contribution in [-0.4, -0.2) is 41.3 Å². The van der Waals surface area contributed by atoms with Crippen LogP contribution in [0.2, 0.25) is 5.02 Å². The number of thiocarbonyl (C=S) groups is 1. The van der Waals surface area contributed by atoms with Crippen molar-refractivity contribution in [2.24, 2.45) is 0 Å². The number of benzene rings is 3. The van der Waals surface area contributed by atoms with Gasteiger partial charge in [-0.05, 0) is 54.0 Å². The first kappa shape index (κ1) is 25.8. The number of hydrogen-bond acceptors (Lipinski definition) is 6. The molecule has 3 aromatic rings. The SMILES string of the molecule is COc1cc(/C=C2\SC(=S)N(CCc3ccccc3)C2=O)ccc1OCC(=O)Nc1cccc(Cl)c1. The topological polar surface area (TPSA) is 67.9 Å². The van der Waals surface area contributed by atoms with Crippen molar-refractivity contribution in [2.75, 3.05) is 25.6 Å². The molecule has 0 spiro atoms. The number of carbonyl (C=O) groups is 2. The van der Waals surface area contributed by atoms with Gasteiger partial charge in [0.2, 0.25) is 0 Å². The first-order valence-corrected chi connectivity index (χ1v) is 12.7. The van der Waals surface area contributed by atoms with Crippen LogP contribution in [0.4, 0.5) is 5.69 Å². The fourth-order valence-electron chi connectivity index (χ4n) is 3.53. The fourth-order valence-corrected chi connectivity index (χ4v) is 5.03. The Morgan fingerprint density at radius 2 is 1.89 bits per heavy atom. The van der Waals surface area contributed by atoms with Crippen molar-refractivity contribution >= 4 is 63.5 Å². The largest absolute Gasteiger partial charge is 0.493 e. The zero-order valence-electron chi connectivity index (χ0n) is 19.4. The molecular formula is C27H23ClN2O4S2. The van der Waals surface area contributed by atoms with Gasteiger partial charge in [0.1, 0.15) is 4.32 Å². The number of carbonyl (C=O) groups excluding carboxylic acids is 2. The molecule has 0 unspecified atom stereocenters. The van der Waals surface area contributed by atoms with E-state index in [4.69, 9.17) is 33.3 Å². The highest BCUT2D eigenvalue weighted by molar-refractivity contribution is 8.26. The van der Waals surface area contributed by atoms with Crippen LogP contribution in [0, 0.1) is 0 Å². The number of nitrogens with one attached hydrogen (secondary N) is 1. The fraction of sp³-hybridized carbons (Fsp3) is 0.148. The molecule has 1 fully saturated rings. The van der Waals surface area contributed by atoms with Crippen LogP contribution in [0.15, 0.2) is 77.7 Å². The minimum atomic E-state index is -0.331. The summed E-state index contributed by atoms with van der Waals surface area (Å²) in [6.07, 6.45) is 2.51. The van der Waals surface area contributed by atoms with Gasteiger partial charge in [-0.1, -0.05) is 78.0 Å². The van der Waals surface area contributed by atoms with Crippen molar-refractivity contribution < 1.29 is 19.1 Å². The van der Waals surface area contributed by atoms with Gasteiger partial charge >= 0.3 is 0 Å². The minimum Gasteiger partial charge on any atom is -0.493 e. The molecule has 1 aliphatic heterocycles. The Morgan fingerprint density at radius 3 is 2.64 bits per heavy atom. The molecule has 9 heteroatoms. The van der Waals surface area contributed by atoms with E-state index in [0.29, 0.717) is 38.0 Å². The monoisotopic (exact) mass is 538 g/mol. The molecule has 2 amide bonds. The molecule has 6 nitrogen and oxygen atoms in total. The van der Waals surface area contributed by atoms with Crippen LogP contribution in [0.5, 0.6) is 11.5 Å². The molecule has 0 aromatic heterocycles. The molecule has 36 heavy (non-hydrogen) atoms. The Bertz CT molecular complexity index is 1310. The number of thioether (sulfide) groups is 1. The molecule has 4 rings (SSSR count). The predicted octanol–water partition coefficient (Wildman–Crippen LogP) is 5.81. The van der Waals surface area contributed by atoms with Gasteiger partial charge in [0, 0.05) is 17.3 Å². The van der Waals surface area contributed by atoms with Crippen molar-refractivity contribution in [3.05, 3.63) is 93.9 Å². The van der Waals surface area contributed by atoms with Gasteiger partial charge in [0.05, 0.1) is 12.0 Å². The van der Waals surface area contributed by atoms with Crippen LogP contribution >= 0.6 is 35.6 Å². The van der Waals surface area contributed by atoms with Crippen LogP contribution in [0.25, 0.3) is 6.08 Å². The molecule has 0 saturated carbocycles. The molecule has 0 atom stereocenters. The smallest absolute Gasteiger partial charge is 0.266 e. The van der Waals surface area contributed by atoms with E-state index in [1.165, 1.54) is 18.9 Å². The van der Waals surface area contributed by atoms with Gasteiger partial charge in [-0.3, -0.25) is 14.5 Å². The lowest BCUT2D eigenvalue weighted by Crippen LogP contribution is -2.30. The molecule has 1 N–H and O–H groups in total. The van der Waals surface area contributed by atoms with Crippen LogP contribution in [0.3, 0.4) is 0 Å². The highest BCUT2D eigenvalue weighted by Crippen LogP contribution is 2.35. The van der Waals surface area contributed by atoms with Crippen LogP contribution < -0.4 is 14.8 Å². The first-order chi connectivity index (χ1) is 17.4. The molecule has 1 aliphatic rings. The average Bonchev–Trinajstić information content (AvgIpc) is 3.14. The molecule has 3 aromatic carbocycles. The van der Waals surface area contributed by atoms with E-state index in [1.807, 2.05) is 30.3 Å². The Hall–Kier alpha value is -3.33. The van der Waals surface area contributed by atoms with E-state index in [-0.39, 0.29) is 18.4 Å². The summed E-state index contributed by atoms with van der Waals surface area (Å²) in [6, 6.07) is 22.1. The standard InChI is InChI=1S/C27H23ClN2O4S2/c1-33-23-14-19(10-11-22(23)34-17-25(31)29-21-9-5-8-20(28)16-21)15-24-26(32)30(27(35)36-24)13-12-18-6-3-2-4-7-18/h2-11,14-16H,12-13,17H2,1H3,(H,29,31)/b24-15-. The molecule has 184 valence electrons. The maximum Gasteiger partial charge on any atom is 0.266 e. The van der Waals surface area contributed by atoms with Crippen LogP contribution in [-0.2, 0) is 16.0 Å². The van der Waals surface area contributed by atoms with E-state index in [0.717, 1.165) is 17.5 Å². The lowest BCUT2D eigenvalue weighted by Gasteiger charge is -2.14. The summed E-state index contributed by atoms with van der Waals surface area (Å²) in [5, 5.41) is 3.26. The van der Waals surface area contributed by atoms with Crippen molar-refractivity contribution in [2.45, 2.75) is 6.42 Å². The molecular weight excluding hydrogens is 516 g/mol. The zero-order valence-corrected chi connectivity index (χ0v) is 21.8. The maximum atomic E-state index is 13.0. The Labute approximate surface area is 224 Å². The summed E-state index contributed by atoms with van der Waals surface area (Å²) in [7, 11) is 1.51. The first-order valence-electron chi connectivity index (χ1n) is 11.1. The number of nitrogens with zero attached hydrogens (tertiary/aromatic N) is 1. The third kappa shape index (κ3) is 6.66. The zero-order chi connectivity index (χ0) is 25.5. The van der Waals surface area contributed by atoms with E-state index >= 15 is 0 Å². The number of anilines is 1. The number of hydrogen-bond donors (Lipinski definition) is 1. The molecule has 1 heterocycles. The number of methoxy groups -OCH3 is 1. The summed E-state index contributed by atoms with van der Waals surface area (Å²) in [5.41, 5.74) is 2.49. The van der Waals surface area contributed by atoms with E-state index in [1.54, 1.807) is 53.4 Å². The molecule has 1 saturated heterocycles. The molecule has 0 radical (unpaired) electrons. The number of amides is 2. The van der Waals surface area contributed by atoms with Gasteiger partial charge in [0.15, 0.2) is 18.1 Å². The van der Waals surface area contributed by atoms with Crippen molar-refractivity contribution in [1.29, 1.82) is 0 Å². The highest BCUT2D eigenvalue weighted by Gasteiger charge is 2.31. The predicted molar refractivity (Wildman–Crippen MR) is 149 cm³/mol. The second-order valence-electron chi connectivity index (χ2n) is 7.83. The summed E-state index contributed by atoms with van der Waals surface area (Å²) in [5.74, 6) is 0.408. The minimum absolute atomic E-state index is 0.113. The number of halogens is 1. The van der Waals surface area contributed by atoms with Crippen molar-refractivity contribution in [3.8, 4) is 11.5 Å². The summed E-state index contributed by atoms with van der Waals surface area (Å²) >= 11 is 12.7. The summed E-state index contributed by atoms with van der Waals surface area (Å²) in [4.78, 5) is 27.4. The normalized spacial score (nSPS) is 14.3. The van der Waals surface area contributed by atoms with E-state index in [2.05, 4.69) is 5.32 Å². The Balaban J connectivity index is 1.38. The highest BCUT2D eigenvalue weighted by atomic mass is 35.5. The molecule has 0 aliphatic carbocycles. The van der Waals surface area contributed by atoms with Crippen molar-refractivity contribution in [1.82, 2.24) is 4.90 Å². The van der Waals surface area contributed by atoms with Gasteiger partial charge < -0.3 is 14.8 Å². The maximum absolute atomic E-state index is 13.0. The Morgan fingerprint density at radius 1 is 1.08 bits per heavy atom. The number of rotatable bonds is 9. The van der Waals surface area contributed by atoms with Gasteiger partial charge in [0.25, 0.3) is 11.8 Å². The van der Waals surface area contributed by atoms with Gasteiger partial charge in [-0.2, -0.15) is 0 Å². The van der Waals surface area contributed by atoms with Crippen molar-refractivity contribution in [3.63, 3.8) is 0 Å². The average molecular weight is 539 g/mol. The van der Waals surface area contributed by atoms with Gasteiger partial charge in [-0.15, -0.1) is 0 Å².